The molecular weight excluding hydrogens is 436 g/mol. The monoisotopic (exact) mass is 462 g/mol. The molecule has 7 heteroatoms. The Morgan fingerprint density at radius 3 is 1.24 bits per heavy atom. The Labute approximate surface area is 194 Å². The van der Waals surface area contributed by atoms with Crippen LogP contribution in [-0.4, -0.2) is 8.42 Å². The number of nitrogens with two attached hydrogens (primary N) is 2. The summed E-state index contributed by atoms with van der Waals surface area (Å²) >= 11 is 0. The second-order valence-corrected chi connectivity index (χ2v) is 8.75. The number of ether oxygens (including phenoxy) is 2. The number of rotatable bonds is 6. The van der Waals surface area contributed by atoms with Crippen molar-refractivity contribution in [2.75, 3.05) is 11.5 Å². The van der Waals surface area contributed by atoms with E-state index >= 15 is 0 Å². The Balaban J connectivity index is 0.00000149. The fourth-order valence-electron chi connectivity index (χ4n) is 2.94. The minimum atomic E-state index is -3.68. The number of hydrogen-bond acceptors (Lipinski definition) is 6. The van der Waals surface area contributed by atoms with Crippen LogP contribution >= 0.6 is 0 Å². The molecule has 6 nitrogen and oxygen atoms in total. The first-order chi connectivity index (χ1) is 15.9. The highest BCUT2D eigenvalue weighted by molar-refractivity contribution is 7.91. The van der Waals surface area contributed by atoms with E-state index in [4.69, 9.17) is 20.9 Å². The maximum Gasteiger partial charge on any atom is 0.206 e. The normalized spacial score (nSPS) is 10.6. The van der Waals surface area contributed by atoms with Crippen LogP contribution in [0.1, 0.15) is 13.8 Å². The lowest BCUT2D eigenvalue weighted by atomic mass is 10.3. The highest BCUT2D eigenvalue weighted by Gasteiger charge is 2.18. The quantitative estimate of drug-likeness (QED) is 0.326. The average molecular weight is 463 g/mol. The fraction of sp³-hybridized carbons (Fsp3) is 0.0769. The van der Waals surface area contributed by atoms with Crippen molar-refractivity contribution >= 4 is 21.2 Å². The summed E-state index contributed by atoms with van der Waals surface area (Å²) in [4.78, 5) is 0.328. The van der Waals surface area contributed by atoms with Crippen LogP contribution in [-0.2, 0) is 9.84 Å². The number of sulfone groups is 1. The van der Waals surface area contributed by atoms with E-state index < -0.39 is 9.84 Å². The van der Waals surface area contributed by atoms with Gasteiger partial charge in [-0.1, -0.05) is 26.0 Å². The van der Waals surface area contributed by atoms with Gasteiger partial charge in [0.05, 0.1) is 9.79 Å². The molecule has 4 rings (SSSR count). The van der Waals surface area contributed by atoms with Gasteiger partial charge in [0, 0.05) is 23.5 Å². The van der Waals surface area contributed by atoms with E-state index in [1.54, 1.807) is 72.8 Å². The van der Waals surface area contributed by atoms with Crippen molar-refractivity contribution in [1.82, 2.24) is 0 Å². The van der Waals surface area contributed by atoms with Crippen molar-refractivity contribution in [2.24, 2.45) is 0 Å². The molecule has 0 fully saturated rings. The molecule has 0 aromatic heterocycles. The van der Waals surface area contributed by atoms with Gasteiger partial charge >= 0.3 is 0 Å². The minimum absolute atomic E-state index is 0.164. The second-order valence-electron chi connectivity index (χ2n) is 6.80. The van der Waals surface area contributed by atoms with Gasteiger partial charge in [-0.3, -0.25) is 0 Å². The van der Waals surface area contributed by atoms with Crippen molar-refractivity contribution in [3.63, 3.8) is 0 Å². The predicted molar refractivity (Wildman–Crippen MR) is 132 cm³/mol. The fourth-order valence-corrected chi connectivity index (χ4v) is 4.20. The Morgan fingerprint density at radius 1 is 0.545 bits per heavy atom. The summed E-state index contributed by atoms with van der Waals surface area (Å²) in [5.41, 5.74) is 12.7. The molecule has 4 aromatic rings. The molecule has 0 saturated heterocycles. The van der Waals surface area contributed by atoms with Crippen LogP contribution in [0.2, 0.25) is 0 Å². The van der Waals surface area contributed by atoms with Gasteiger partial charge < -0.3 is 20.9 Å². The van der Waals surface area contributed by atoms with Crippen LogP contribution < -0.4 is 20.9 Å². The standard InChI is InChI=1S/C24H20N2O4S.C2H6/c25-17-3-1-5-21(15-17)29-19-7-11-23(12-8-19)31(27,28)24-13-9-20(10-14-24)30-22-6-2-4-18(26)16-22;1-2/h1-16H,25-26H2;1-2H3. The number of nitrogen functional groups attached to an aromatic ring is 2. The molecular formula is C26H26N2O4S. The highest BCUT2D eigenvalue weighted by atomic mass is 32.2. The molecule has 0 aliphatic rings. The van der Waals surface area contributed by atoms with Gasteiger partial charge in [-0.15, -0.1) is 0 Å². The average Bonchev–Trinajstić information content (AvgIpc) is 2.81. The summed E-state index contributed by atoms with van der Waals surface area (Å²) in [6, 6.07) is 26.5. The first-order valence-electron chi connectivity index (χ1n) is 10.4. The highest BCUT2D eigenvalue weighted by Crippen LogP contribution is 2.29. The molecule has 0 spiro atoms. The van der Waals surface area contributed by atoms with Gasteiger partial charge in [-0.2, -0.15) is 0 Å². The zero-order chi connectivity index (χ0) is 23.8. The van der Waals surface area contributed by atoms with Crippen LogP contribution in [0.3, 0.4) is 0 Å². The largest absolute Gasteiger partial charge is 0.457 e. The lowest BCUT2D eigenvalue weighted by molar-refractivity contribution is 0.482. The van der Waals surface area contributed by atoms with Gasteiger partial charge in [0.1, 0.15) is 23.0 Å². The molecule has 4 aromatic carbocycles. The molecule has 0 heterocycles. The third-order valence-electron chi connectivity index (χ3n) is 4.46. The second kappa shape index (κ2) is 10.6. The Kier molecular flexibility index (Phi) is 7.58. The minimum Gasteiger partial charge on any atom is -0.457 e. The lowest BCUT2D eigenvalue weighted by Gasteiger charge is -2.10. The summed E-state index contributed by atoms with van der Waals surface area (Å²) < 4.78 is 37.3. The third kappa shape index (κ3) is 6.05. The van der Waals surface area contributed by atoms with Crippen LogP contribution in [0.4, 0.5) is 11.4 Å². The first-order valence-corrected chi connectivity index (χ1v) is 11.9. The molecule has 0 bridgehead atoms. The van der Waals surface area contributed by atoms with Gasteiger partial charge in [-0.25, -0.2) is 8.42 Å². The maximum absolute atomic E-state index is 12.9. The van der Waals surface area contributed by atoms with E-state index in [1.807, 2.05) is 13.8 Å². The van der Waals surface area contributed by atoms with E-state index in [0.717, 1.165) is 0 Å². The van der Waals surface area contributed by atoms with E-state index in [2.05, 4.69) is 0 Å². The molecule has 0 radical (unpaired) electrons. The van der Waals surface area contributed by atoms with E-state index in [9.17, 15) is 8.42 Å². The van der Waals surface area contributed by atoms with Crippen molar-refractivity contribution in [3.05, 3.63) is 97.1 Å². The van der Waals surface area contributed by atoms with E-state index in [0.29, 0.717) is 34.4 Å². The third-order valence-corrected chi connectivity index (χ3v) is 6.24. The van der Waals surface area contributed by atoms with Gasteiger partial charge in [0.2, 0.25) is 9.84 Å². The van der Waals surface area contributed by atoms with Crippen LogP contribution in [0.15, 0.2) is 107 Å². The van der Waals surface area contributed by atoms with Crippen LogP contribution in [0.25, 0.3) is 0 Å². The van der Waals surface area contributed by atoms with Crippen LogP contribution in [0.5, 0.6) is 23.0 Å². The van der Waals surface area contributed by atoms with Crippen molar-refractivity contribution in [3.8, 4) is 23.0 Å². The summed E-state index contributed by atoms with van der Waals surface area (Å²) in [7, 11) is -3.68. The summed E-state index contributed by atoms with van der Waals surface area (Å²) in [6.45, 7) is 4.00. The number of benzene rings is 4. The molecule has 0 saturated carbocycles. The number of hydrogen-bond donors (Lipinski definition) is 2. The SMILES string of the molecule is CC.Nc1cccc(Oc2ccc(S(=O)(=O)c3ccc(Oc4cccc(N)c4)cc3)cc2)c1. The molecule has 0 aliphatic carbocycles. The van der Waals surface area contributed by atoms with E-state index in [-0.39, 0.29) is 9.79 Å². The van der Waals surface area contributed by atoms with Crippen LogP contribution in [0, 0.1) is 0 Å². The summed E-state index contributed by atoms with van der Waals surface area (Å²) in [5, 5.41) is 0. The molecule has 0 amide bonds. The molecule has 170 valence electrons. The molecule has 33 heavy (non-hydrogen) atoms. The topological polar surface area (TPSA) is 105 Å². The zero-order valence-corrected chi connectivity index (χ0v) is 19.3. The van der Waals surface area contributed by atoms with Crippen molar-refractivity contribution < 1.29 is 17.9 Å². The molecule has 4 N–H and O–H groups in total. The summed E-state index contributed by atoms with van der Waals surface area (Å²) in [6.07, 6.45) is 0. The van der Waals surface area contributed by atoms with Gasteiger partial charge in [0.25, 0.3) is 0 Å². The molecule has 0 unspecified atom stereocenters. The van der Waals surface area contributed by atoms with E-state index in [1.165, 1.54) is 24.3 Å². The lowest BCUT2D eigenvalue weighted by Crippen LogP contribution is -2.01. The molecule has 0 aliphatic heterocycles. The van der Waals surface area contributed by atoms with Gasteiger partial charge in [0.15, 0.2) is 0 Å². The smallest absolute Gasteiger partial charge is 0.206 e. The van der Waals surface area contributed by atoms with Crippen molar-refractivity contribution in [1.29, 1.82) is 0 Å². The van der Waals surface area contributed by atoms with Gasteiger partial charge in [-0.05, 0) is 72.8 Å². The zero-order valence-electron chi connectivity index (χ0n) is 18.4. The predicted octanol–water partition coefficient (Wildman–Crippen LogP) is 6.29. The maximum atomic E-state index is 12.9. The number of anilines is 2. The summed E-state index contributed by atoms with van der Waals surface area (Å²) in [5.74, 6) is 2.17. The molecule has 0 atom stereocenters. The first kappa shape index (κ1) is 23.7. The Bertz CT molecular complexity index is 1210. The Hall–Kier alpha value is -3.97. The Morgan fingerprint density at radius 2 is 0.909 bits per heavy atom. The van der Waals surface area contributed by atoms with Crippen molar-refractivity contribution in [2.45, 2.75) is 23.6 Å².